The van der Waals surface area contributed by atoms with E-state index in [1.807, 2.05) is 30.3 Å². The molecule has 1 aromatic carbocycles. The Kier molecular flexibility index (Phi) is 7.76. The summed E-state index contributed by atoms with van der Waals surface area (Å²) in [5.41, 5.74) is 0.900. The van der Waals surface area contributed by atoms with Crippen molar-refractivity contribution in [2.24, 2.45) is 0 Å². The van der Waals surface area contributed by atoms with Gasteiger partial charge in [0.2, 0.25) is 5.91 Å². The number of nitrogens with zero attached hydrogens (tertiary/aromatic N) is 2. The Morgan fingerprint density at radius 1 is 0.957 bits per heavy atom. The summed E-state index contributed by atoms with van der Waals surface area (Å²) >= 11 is 0. The minimum atomic E-state index is -0.495. The minimum absolute atomic E-state index is 0.00787. The van der Waals surface area contributed by atoms with Crippen molar-refractivity contribution in [2.75, 3.05) is 40.8 Å². The number of amides is 1. The van der Waals surface area contributed by atoms with Crippen LogP contribution in [0.5, 0.6) is 0 Å². The largest absolute Gasteiger partial charge is 0.468 e. The van der Waals surface area contributed by atoms with E-state index in [2.05, 4.69) is 4.74 Å². The molecule has 1 amide bonds. The van der Waals surface area contributed by atoms with Gasteiger partial charge >= 0.3 is 11.9 Å². The van der Waals surface area contributed by atoms with Crippen LogP contribution in [-0.2, 0) is 30.5 Å². The third-order valence-corrected chi connectivity index (χ3v) is 3.07. The van der Waals surface area contributed by atoms with E-state index < -0.39 is 11.9 Å². The SMILES string of the molecule is COC(=O)CN(C)C(=O)CN(C)CC(=O)OCc1ccccc1. The molecule has 0 aromatic heterocycles. The van der Waals surface area contributed by atoms with Gasteiger partial charge in [-0.1, -0.05) is 30.3 Å². The second kappa shape index (κ2) is 9.58. The molecule has 0 saturated heterocycles. The van der Waals surface area contributed by atoms with Gasteiger partial charge in [-0.2, -0.15) is 0 Å². The van der Waals surface area contributed by atoms with Crippen LogP contribution in [0.3, 0.4) is 0 Å². The molecule has 126 valence electrons. The predicted octanol–water partition coefficient (Wildman–Crippen LogP) is 0.293. The molecular formula is C16H22N2O5. The average Bonchev–Trinajstić information content (AvgIpc) is 2.53. The van der Waals surface area contributed by atoms with E-state index in [4.69, 9.17) is 4.74 Å². The molecule has 0 saturated carbocycles. The summed E-state index contributed by atoms with van der Waals surface area (Å²) < 4.78 is 9.64. The van der Waals surface area contributed by atoms with Crippen LogP contribution in [0.2, 0.25) is 0 Å². The highest BCUT2D eigenvalue weighted by molar-refractivity contribution is 5.83. The molecule has 0 heterocycles. The molecule has 23 heavy (non-hydrogen) atoms. The maximum atomic E-state index is 11.9. The summed E-state index contributed by atoms with van der Waals surface area (Å²) in [4.78, 5) is 37.5. The van der Waals surface area contributed by atoms with Crippen LogP contribution in [0.15, 0.2) is 30.3 Å². The lowest BCUT2D eigenvalue weighted by atomic mass is 10.2. The number of benzene rings is 1. The summed E-state index contributed by atoms with van der Waals surface area (Å²) in [7, 11) is 4.39. The lowest BCUT2D eigenvalue weighted by Gasteiger charge is -2.20. The van der Waals surface area contributed by atoms with Crippen molar-refractivity contribution in [3.63, 3.8) is 0 Å². The van der Waals surface area contributed by atoms with Crippen LogP contribution in [0.4, 0.5) is 0 Å². The van der Waals surface area contributed by atoms with Gasteiger partial charge in [-0.05, 0) is 12.6 Å². The molecule has 0 bridgehead atoms. The molecule has 0 spiro atoms. The highest BCUT2D eigenvalue weighted by Crippen LogP contribution is 2.01. The summed E-state index contributed by atoms with van der Waals surface area (Å²) in [6.45, 7) is 0.0733. The minimum Gasteiger partial charge on any atom is -0.468 e. The molecule has 0 N–H and O–H groups in total. The van der Waals surface area contributed by atoms with Crippen LogP contribution in [0.25, 0.3) is 0 Å². The Hall–Kier alpha value is -2.41. The van der Waals surface area contributed by atoms with Gasteiger partial charge in [0, 0.05) is 7.05 Å². The number of ether oxygens (including phenoxy) is 2. The van der Waals surface area contributed by atoms with Crippen LogP contribution >= 0.6 is 0 Å². The van der Waals surface area contributed by atoms with Crippen molar-refractivity contribution < 1.29 is 23.9 Å². The number of rotatable bonds is 8. The molecule has 1 rings (SSSR count). The van der Waals surface area contributed by atoms with E-state index in [9.17, 15) is 14.4 Å². The van der Waals surface area contributed by atoms with E-state index in [0.717, 1.165) is 5.56 Å². The van der Waals surface area contributed by atoms with Gasteiger partial charge in [-0.25, -0.2) is 0 Å². The lowest BCUT2D eigenvalue weighted by Crippen LogP contribution is -2.41. The number of esters is 2. The molecular weight excluding hydrogens is 300 g/mol. The standard InChI is InChI=1S/C16H22N2O5/c1-17(9-14(19)18(2)11-15(20)22-3)10-16(21)23-12-13-7-5-4-6-8-13/h4-8H,9-12H2,1-3H3. The Bertz CT molecular complexity index is 533. The normalized spacial score (nSPS) is 10.3. The van der Waals surface area contributed by atoms with Crippen molar-refractivity contribution in [1.29, 1.82) is 0 Å². The highest BCUT2D eigenvalue weighted by Gasteiger charge is 2.17. The second-order valence-electron chi connectivity index (χ2n) is 5.14. The molecule has 0 fully saturated rings. The van der Waals surface area contributed by atoms with Crippen LogP contribution in [0, 0.1) is 0 Å². The fourth-order valence-corrected chi connectivity index (χ4v) is 1.76. The van der Waals surface area contributed by atoms with Crippen LogP contribution in [0.1, 0.15) is 5.56 Å². The molecule has 0 atom stereocenters. The van der Waals surface area contributed by atoms with Gasteiger partial charge in [0.05, 0.1) is 20.2 Å². The van der Waals surface area contributed by atoms with E-state index in [1.165, 1.54) is 24.0 Å². The first kappa shape index (κ1) is 18.6. The third-order valence-electron chi connectivity index (χ3n) is 3.07. The van der Waals surface area contributed by atoms with Crippen molar-refractivity contribution >= 4 is 17.8 Å². The van der Waals surface area contributed by atoms with Gasteiger partial charge in [0.1, 0.15) is 13.2 Å². The number of hydrogen-bond donors (Lipinski definition) is 0. The zero-order chi connectivity index (χ0) is 17.2. The second-order valence-corrected chi connectivity index (χ2v) is 5.14. The Morgan fingerprint density at radius 2 is 1.61 bits per heavy atom. The molecule has 0 aliphatic rings. The van der Waals surface area contributed by atoms with Crippen molar-refractivity contribution in [3.05, 3.63) is 35.9 Å². The third kappa shape index (κ3) is 7.42. The molecule has 7 heteroatoms. The van der Waals surface area contributed by atoms with Crippen molar-refractivity contribution in [2.45, 2.75) is 6.61 Å². The fourth-order valence-electron chi connectivity index (χ4n) is 1.76. The zero-order valence-corrected chi connectivity index (χ0v) is 13.7. The van der Waals surface area contributed by atoms with Gasteiger partial charge in [-0.3, -0.25) is 19.3 Å². The van der Waals surface area contributed by atoms with E-state index >= 15 is 0 Å². The average molecular weight is 322 g/mol. The highest BCUT2D eigenvalue weighted by atomic mass is 16.5. The first-order chi connectivity index (χ1) is 10.9. The molecule has 0 unspecified atom stereocenters. The summed E-state index contributed by atoms with van der Waals surface area (Å²) in [6, 6.07) is 9.34. The number of methoxy groups -OCH3 is 1. The summed E-state index contributed by atoms with van der Waals surface area (Å²) in [6.07, 6.45) is 0. The smallest absolute Gasteiger partial charge is 0.325 e. The van der Waals surface area contributed by atoms with Gasteiger partial charge in [0.25, 0.3) is 0 Å². The topological polar surface area (TPSA) is 76.2 Å². The van der Waals surface area contributed by atoms with E-state index in [1.54, 1.807) is 7.05 Å². The molecule has 0 radical (unpaired) electrons. The summed E-state index contributed by atoms with van der Waals surface area (Å²) in [5.74, 6) is -1.20. The van der Waals surface area contributed by atoms with Crippen LogP contribution in [-0.4, -0.2) is 68.5 Å². The summed E-state index contributed by atoms with van der Waals surface area (Å²) in [5, 5.41) is 0. The van der Waals surface area contributed by atoms with Gasteiger partial charge < -0.3 is 14.4 Å². The van der Waals surface area contributed by atoms with Gasteiger partial charge in [-0.15, -0.1) is 0 Å². The molecule has 0 aliphatic heterocycles. The molecule has 0 aliphatic carbocycles. The maximum Gasteiger partial charge on any atom is 0.325 e. The van der Waals surface area contributed by atoms with Gasteiger partial charge in [0.15, 0.2) is 0 Å². The predicted molar refractivity (Wildman–Crippen MR) is 83.4 cm³/mol. The molecule has 1 aromatic rings. The first-order valence-electron chi connectivity index (χ1n) is 7.11. The number of hydrogen-bond acceptors (Lipinski definition) is 6. The van der Waals surface area contributed by atoms with Crippen LogP contribution < -0.4 is 0 Å². The maximum absolute atomic E-state index is 11.9. The fraction of sp³-hybridized carbons (Fsp3) is 0.438. The Balaban J connectivity index is 2.31. The monoisotopic (exact) mass is 322 g/mol. The van der Waals surface area contributed by atoms with Crippen molar-refractivity contribution in [1.82, 2.24) is 9.80 Å². The number of carbonyl (C=O) groups excluding carboxylic acids is 3. The number of carbonyl (C=O) groups is 3. The molecule has 7 nitrogen and oxygen atoms in total. The Labute approximate surface area is 135 Å². The Morgan fingerprint density at radius 3 is 2.22 bits per heavy atom. The lowest BCUT2D eigenvalue weighted by molar-refractivity contribution is -0.148. The van der Waals surface area contributed by atoms with Crippen molar-refractivity contribution in [3.8, 4) is 0 Å². The first-order valence-corrected chi connectivity index (χ1v) is 7.11. The van der Waals surface area contributed by atoms with E-state index in [0.29, 0.717) is 0 Å². The van der Waals surface area contributed by atoms with E-state index in [-0.39, 0.29) is 32.1 Å². The number of likely N-dealkylation sites (N-methyl/N-ethyl adjacent to an activating group) is 2. The zero-order valence-electron chi connectivity index (χ0n) is 13.7. The quantitative estimate of drug-likeness (QED) is 0.641.